The Labute approximate surface area is 105 Å². The highest BCUT2D eigenvalue weighted by atomic mass is 16.6. The molecule has 18 heavy (non-hydrogen) atoms. The molecule has 1 aromatic carbocycles. The fraction of sp³-hybridized carbons (Fsp3) is 0.429. The van der Waals surface area contributed by atoms with Gasteiger partial charge < -0.3 is 9.74 Å². The van der Waals surface area contributed by atoms with Crippen molar-refractivity contribution in [2.45, 2.75) is 18.6 Å². The second-order valence-electron chi connectivity index (χ2n) is 5.30. The van der Waals surface area contributed by atoms with Gasteiger partial charge in [0.2, 0.25) is 5.91 Å². The Morgan fingerprint density at radius 2 is 2.11 bits per heavy atom. The van der Waals surface area contributed by atoms with E-state index in [9.17, 15) is 4.79 Å². The zero-order chi connectivity index (χ0) is 12.3. The van der Waals surface area contributed by atoms with Crippen molar-refractivity contribution in [3.05, 3.63) is 35.9 Å². The Kier molecular flexibility index (Phi) is 1.88. The predicted molar refractivity (Wildman–Crippen MR) is 66.0 cm³/mol. The van der Waals surface area contributed by atoms with Gasteiger partial charge in [-0.05, 0) is 12.0 Å². The van der Waals surface area contributed by atoms with Crippen LogP contribution in [0.15, 0.2) is 35.5 Å². The Bertz CT molecular complexity index is 540. The zero-order valence-corrected chi connectivity index (χ0v) is 10.1. The number of amides is 1. The SMILES string of the molecule is CN1C(=O)C2CC1C1C(c3ccccc3)=NOC21. The van der Waals surface area contributed by atoms with Gasteiger partial charge >= 0.3 is 0 Å². The average Bonchev–Trinajstić information content (AvgIpc) is 3.04. The Morgan fingerprint density at radius 1 is 1.33 bits per heavy atom. The summed E-state index contributed by atoms with van der Waals surface area (Å²) in [6.45, 7) is 0. The molecular weight excluding hydrogens is 228 g/mol. The Balaban J connectivity index is 1.72. The first-order chi connectivity index (χ1) is 8.77. The summed E-state index contributed by atoms with van der Waals surface area (Å²) in [4.78, 5) is 19.4. The van der Waals surface area contributed by atoms with Crippen LogP contribution in [0.4, 0.5) is 0 Å². The van der Waals surface area contributed by atoms with Crippen LogP contribution in [0.2, 0.25) is 0 Å². The lowest BCUT2D eigenvalue weighted by atomic mass is 9.87. The molecule has 1 amide bonds. The number of hydrogen-bond donors (Lipinski definition) is 0. The molecule has 1 saturated carbocycles. The first kappa shape index (κ1) is 10.1. The third-order valence-corrected chi connectivity index (χ3v) is 4.48. The maximum absolute atomic E-state index is 11.9. The largest absolute Gasteiger partial charge is 0.391 e. The number of hydrogen-bond acceptors (Lipinski definition) is 3. The van der Waals surface area contributed by atoms with E-state index in [1.165, 1.54) is 0 Å². The van der Waals surface area contributed by atoms with Crippen LogP contribution in [0.25, 0.3) is 0 Å². The average molecular weight is 242 g/mol. The van der Waals surface area contributed by atoms with Crippen LogP contribution in [-0.2, 0) is 9.63 Å². The van der Waals surface area contributed by atoms with Gasteiger partial charge in [-0.1, -0.05) is 35.5 Å². The van der Waals surface area contributed by atoms with Gasteiger partial charge in [-0.25, -0.2) is 0 Å². The van der Waals surface area contributed by atoms with Crippen molar-refractivity contribution in [3.8, 4) is 0 Å². The number of benzene rings is 1. The first-order valence-corrected chi connectivity index (χ1v) is 6.33. The van der Waals surface area contributed by atoms with Gasteiger partial charge in [0.05, 0.1) is 17.5 Å². The number of carbonyl (C=O) groups excluding carboxylic acids is 1. The minimum absolute atomic E-state index is 0.00922. The highest BCUT2D eigenvalue weighted by Crippen LogP contribution is 2.47. The lowest BCUT2D eigenvalue weighted by Crippen LogP contribution is -2.47. The number of carbonyl (C=O) groups is 1. The van der Waals surface area contributed by atoms with Gasteiger partial charge in [0, 0.05) is 13.1 Å². The van der Waals surface area contributed by atoms with Gasteiger partial charge in [-0.3, -0.25) is 4.79 Å². The summed E-state index contributed by atoms with van der Waals surface area (Å²) >= 11 is 0. The molecule has 3 aliphatic rings. The van der Waals surface area contributed by atoms with E-state index in [2.05, 4.69) is 17.3 Å². The second-order valence-corrected chi connectivity index (χ2v) is 5.30. The third-order valence-electron chi connectivity index (χ3n) is 4.48. The maximum Gasteiger partial charge on any atom is 0.229 e. The normalized spacial score (nSPS) is 36.6. The fourth-order valence-electron chi connectivity index (χ4n) is 3.58. The molecule has 0 aromatic heterocycles. The minimum Gasteiger partial charge on any atom is -0.391 e. The predicted octanol–water partition coefficient (Wildman–Crippen LogP) is 1.27. The standard InChI is InChI=1S/C14H14N2O2/c1-16-10-7-9(14(16)17)13-11(10)12(15-18-13)8-5-3-2-4-6-8/h2-6,9-11,13H,7H2,1H3. The number of nitrogens with zero attached hydrogens (tertiary/aromatic N) is 2. The van der Waals surface area contributed by atoms with Gasteiger partial charge in [-0.2, -0.15) is 0 Å². The quantitative estimate of drug-likeness (QED) is 0.744. The summed E-state index contributed by atoms with van der Waals surface area (Å²) < 4.78 is 0. The maximum atomic E-state index is 11.9. The van der Waals surface area contributed by atoms with E-state index >= 15 is 0 Å². The number of rotatable bonds is 1. The molecule has 2 bridgehead atoms. The molecule has 2 aliphatic heterocycles. The van der Waals surface area contributed by atoms with E-state index in [0.717, 1.165) is 17.7 Å². The highest BCUT2D eigenvalue weighted by molar-refractivity contribution is 6.05. The summed E-state index contributed by atoms with van der Waals surface area (Å²) in [5, 5.41) is 4.24. The molecule has 4 atom stereocenters. The monoisotopic (exact) mass is 242 g/mol. The molecule has 4 nitrogen and oxygen atoms in total. The number of piperidine rings is 1. The summed E-state index contributed by atoms with van der Waals surface area (Å²) in [7, 11) is 1.89. The van der Waals surface area contributed by atoms with E-state index in [-0.39, 0.29) is 29.9 Å². The minimum atomic E-state index is -0.0334. The molecule has 4 rings (SSSR count). The smallest absolute Gasteiger partial charge is 0.229 e. The summed E-state index contributed by atoms with van der Waals surface area (Å²) in [5.41, 5.74) is 2.12. The van der Waals surface area contributed by atoms with Crippen LogP contribution in [0, 0.1) is 11.8 Å². The van der Waals surface area contributed by atoms with Crippen molar-refractivity contribution in [2.75, 3.05) is 7.05 Å². The van der Waals surface area contributed by atoms with Crippen molar-refractivity contribution in [1.82, 2.24) is 4.90 Å². The van der Waals surface area contributed by atoms with Crippen LogP contribution in [-0.4, -0.2) is 35.7 Å². The summed E-state index contributed by atoms with van der Waals surface area (Å²) in [6, 6.07) is 10.4. The van der Waals surface area contributed by atoms with Gasteiger partial charge in [-0.15, -0.1) is 0 Å². The molecule has 1 saturated heterocycles. The van der Waals surface area contributed by atoms with Crippen LogP contribution < -0.4 is 0 Å². The first-order valence-electron chi connectivity index (χ1n) is 6.33. The van der Waals surface area contributed by atoms with Gasteiger partial charge in [0.25, 0.3) is 0 Å². The van der Waals surface area contributed by atoms with Crippen molar-refractivity contribution in [3.63, 3.8) is 0 Å². The van der Waals surface area contributed by atoms with Gasteiger partial charge in [0.15, 0.2) is 0 Å². The van der Waals surface area contributed by atoms with Crippen LogP contribution >= 0.6 is 0 Å². The molecule has 0 spiro atoms. The number of likely N-dealkylation sites (tertiary alicyclic amines) is 1. The molecule has 1 aromatic rings. The molecule has 0 radical (unpaired) electrons. The molecule has 0 N–H and O–H groups in total. The van der Waals surface area contributed by atoms with Crippen LogP contribution in [0.3, 0.4) is 0 Å². The van der Waals surface area contributed by atoms with Gasteiger partial charge in [0.1, 0.15) is 6.10 Å². The molecule has 4 unspecified atom stereocenters. The zero-order valence-electron chi connectivity index (χ0n) is 10.1. The number of fused-ring (bicyclic) bond motifs is 5. The third kappa shape index (κ3) is 1.10. The lowest BCUT2D eigenvalue weighted by Gasteiger charge is -2.30. The Morgan fingerprint density at radius 3 is 2.89 bits per heavy atom. The van der Waals surface area contributed by atoms with Crippen molar-refractivity contribution in [1.29, 1.82) is 0 Å². The van der Waals surface area contributed by atoms with Crippen molar-refractivity contribution < 1.29 is 9.63 Å². The second kappa shape index (κ2) is 3.34. The molecular formula is C14H14N2O2. The van der Waals surface area contributed by atoms with E-state index < -0.39 is 0 Å². The highest BCUT2D eigenvalue weighted by Gasteiger charge is 2.61. The van der Waals surface area contributed by atoms with E-state index in [1.807, 2.05) is 30.1 Å². The van der Waals surface area contributed by atoms with Crippen molar-refractivity contribution >= 4 is 11.6 Å². The fourth-order valence-corrected chi connectivity index (χ4v) is 3.58. The van der Waals surface area contributed by atoms with Crippen molar-refractivity contribution in [2.24, 2.45) is 17.0 Å². The van der Waals surface area contributed by atoms with Crippen LogP contribution in [0.1, 0.15) is 12.0 Å². The van der Waals surface area contributed by atoms with E-state index in [4.69, 9.17) is 4.84 Å². The molecule has 2 heterocycles. The topological polar surface area (TPSA) is 41.9 Å². The number of oxime groups is 1. The Hall–Kier alpha value is -1.84. The van der Waals surface area contributed by atoms with E-state index in [0.29, 0.717) is 0 Å². The molecule has 1 aliphatic carbocycles. The lowest BCUT2D eigenvalue weighted by molar-refractivity contribution is -0.139. The summed E-state index contributed by atoms with van der Waals surface area (Å²) in [6.07, 6.45) is 0.880. The molecule has 4 heteroatoms. The molecule has 2 fully saturated rings. The van der Waals surface area contributed by atoms with E-state index in [1.54, 1.807) is 0 Å². The molecule has 92 valence electrons. The van der Waals surface area contributed by atoms with Crippen LogP contribution in [0.5, 0.6) is 0 Å². The summed E-state index contributed by atoms with van der Waals surface area (Å²) in [5.74, 6) is 0.473.